The fraction of sp³-hybridized carbons (Fsp3) is 0.333. The zero-order valence-electron chi connectivity index (χ0n) is 12.0. The highest BCUT2D eigenvalue weighted by atomic mass is 19.1. The molecule has 0 unspecified atom stereocenters. The highest BCUT2D eigenvalue weighted by Crippen LogP contribution is 2.15. The molecule has 112 valence electrons. The summed E-state index contributed by atoms with van der Waals surface area (Å²) in [6, 6.07) is 2.06. The number of nitrogens with zero attached hydrogens (tertiary/aromatic N) is 1. The summed E-state index contributed by atoms with van der Waals surface area (Å²) in [4.78, 5) is 15.7. The third-order valence-corrected chi connectivity index (χ3v) is 3.09. The van der Waals surface area contributed by atoms with E-state index >= 15 is 0 Å². The molecule has 21 heavy (non-hydrogen) atoms. The van der Waals surface area contributed by atoms with E-state index in [4.69, 9.17) is 9.15 Å². The smallest absolute Gasteiger partial charge is 0.310 e. The van der Waals surface area contributed by atoms with Crippen molar-refractivity contribution in [1.29, 1.82) is 0 Å². The number of carbonyl (C=O) groups is 1. The number of aryl methyl sites for hydroxylation is 3. The molecule has 0 amide bonds. The molecule has 1 heterocycles. The predicted octanol–water partition coefficient (Wildman–Crippen LogP) is 3.16. The van der Waals surface area contributed by atoms with E-state index in [2.05, 4.69) is 4.98 Å². The summed E-state index contributed by atoms with van der Waals surface area (Å²) in [5.74, 6) is -0.945. The molecule has 1 aromatic carbocycles. The van der Waals surface area contributed by atoms with Crippen molar-refractivity contribution in [1.82, 2.24) is 4.98 Å². The van der Waals surface area contributed by atoms with Crippen LogP contribution in [0.3, 0.4) is 0 Å². The lowest BCUT2D eigenvalue weighted by molar-refractivity contribution is -0.144. The maximum atomic E-state index is 13.6. The third kappa shape index (κ3) is 3.65. The second-order valence-corrected chi connectivity index (χ2v) is 4.78. The lowest BCUT2D eigenvalue weighted by Gasteiger charge is -2.05. The van der Waals surface area contributed by atoms with Gasteiger partial charge < -0.3 is 9.15 Å². The van der Waals surface area contributed by atoms with Gasteiger partial charge in [-0.3, -0.25) is 4.79 Å². The number of aromatic nitrogens is 1. The van der Waals surface area contributed by atoms with Gasteiger partial charge >= 0.3 is 5.97 Å². The summed E-state index contributed by atoms with van der Waals surface area (Å²) in [7, 11) is 0. The summed E-state index contributed by atoms with van der Waals surface area (Å²) in [5.41, 5.74) is 0.867. The van der Waals surface area contributed by atoms with Gasteiger partial charge in [0.2, 0.25) is 5.89 Å². The van der Waals surface area contributed by atoms with Gasteiger partial charge in [-0.1, -0.05) is 0 Å². The lowest BCUT2D eigenvalue weighted by Crippen LogP contribution is -2.10. The Morgan fingerprint density at radius 2 is 1.95 bits per heavy atom. The van der Waals surface area contributed by atoms with Crippen molar-refractivity contribution in [3.05, 3.63) is 52.2 Å². The molecule has 0 aliphatic carbocycles. The summed E-state index contributed by atoms with van der Waals surface area (Å²) < 4.78 is 37.2. The molecule has 0 spiro atoms. The fourth-order valence-electron chi connectivity index (χ4n) is 1.77. The van der Waals surface area contributed by atoms with E-state index in [-0.39, 0.29) is 30.0 Å². The molecule has 0 atom stereocenters. The van der Waals surface area contributed by atoms with E-state index in [9.17, 15) is 13.6 Å². The number of halogens is 2. The van der Waals surface area contributed by atoms with Crippen molar-refractivity contribution in [2.75, 3.05) is 0 Å². The van der Waals surface area contributed by atoms with Gasteiger partial charge in [-0.15, -0.1) is 0 Å². The Kier molecular flexibility index (Phi) is 4.35. The average molecular weight is 295 g/mol. The van der Waals surface area contributed by atoms with E-state index in [1.165, 1.54) is 6.92 Å². The van der Waals surface area contributed by atoms with Crippen molar-refractivity contribution in [3.8, 4) is 0 Å². The molecular weight excluding hydrogens is 280 g/mol. The van der Waals surface area contributed by atoms with Crippen molar-refractivity contribution in [2.24, 2.45) is 0 Å². The van der Waals surface area contributed by atoms with E-state index in [0.29, 0.717) is 11.5 Å². The van der Waals surface area contributed by atoms with Crippen LogP contribution in [0.15, 0.2) is 16.5 Å². The number of oxazole rings is 1. The molecule has 0 aliphatic heterocycles. The summed E-state index contributed by atoms with van der Waals surface area (Å²) >= 11 is 0. The van der Waals surface area contributed by atoms with Crippen LogP contribution in [0.2, 0.25) is 0 Å². The second kappa shape index (κ2) is 6.03. The highest BCUT2D eigenvalue weighted by molar-refractivity contribution is 5.72. The first-order chi connectivity index (χ1) is 9.86. The minimum atomic E-state index is -0.675. The van der Waals surface area contributed by atoms with E-state index < -0.39 is 17.6 Å². The molecule has 0 fully saturated rings. The fourth-order valence-corrected chi connectivity index (χ4v) is 1.77. The van der Waals surface area contributed by atoms with Crippen LogP contribution in [0.4, 0.5) is 8.78 Å². The van der Waals surface area contributed by atoms with E-state index in [0.717, 1.165) is 12.1 Å². The molecule has 0 bridgehead atoms. The quantitative estimate of drug-likeness (QED) is 0.813. The van der Waals surface area contributed by atoms with Crippen LogP contribution in [0.1, 0.15) is 28.5 Å². The summed E-state index contributed by atoms with van der Waals surface area (Å²) in [6.45, 7) is 4.84. The van der Waals surface area contributed by atoms with Crippen molar-refractivity contribution < 1.29 is 22.7 Å². The van der Waals surface area contributed by atoms with Gasteiger partial charge in [-0.25, -0.2) is 13.8 Å². The second-order valence-electron chi connectivity index (χ2n) is 4.78. The monoisotopic (exact) mass is 295 g/mol. The Bertz CT molecular complexity index is 660. The normalized spacial score (nSPS) is 10.7. The number of esters is 1. The number of hydrogen-bond donors (Lipinski definition) is 0. The third-order valence-electron chi connectivity index (χ3n) is 3.09. The van der Waals surface area contributed by atoms with Gasteiger partial charge in [0.15, 0.2) is 6.61 Å². The maximum absolute atomic E-state index is 13.6. The van der Waals surface area contributed by atoms with Crippen LogP contribution in [0.5, 0.6) is 0 Å². The van der Waals surface area contributed by atoms with Crippen LogP contribution in [-0.2, 0) is 22.6 Å². The average Bonchev–Trinajstić information content (AvgIpc) is 2.73. The maximum Gasteiger partial charge on any atom is 0.310 e. The molecule has 0 saturated carbocycles. The van der Waals surface area contributed by atoms with Crippen LogP contribution in [0.25, 0.3) is 0 Å². The molecule has 0 aliphatic rings. The van der Waals surface area contributed by atoms with E-state index in [1.807, 2.05) is 0 Å². The number of rotatable bonds is 4. The van der Waals surface area contributed by atoms with Crippen molar-refractivity contribution in [2.45, 2.75) is 33.8 Å². The first-order valence-electron chi connectivity index (χ1n) is 6.40. The van der Waals surface area contributed by atoms with Gasteiger partial charge in [0.25, 0.3) is 0 Å². The Labute approximate surface area is 120 Å². The van der Waals surface area contributed by atoms with Crippen LogP contribution in [-0.4, -0.2) is 11.0 Å². The predicted molar refractivity (Wildman–Crippen MR) is 70.6 cm³/mol. The molecule has 6 heteroatoms. The van der Waals surface area contributed by atoms with Gasteiger partial charge in [0, 0.05) is 5.56 Å². The molecular formula is C15H15F2NO3. The van der Waals surface area contributed by atoms with Crippen LogP contribution in [0, 0.1) is 32.4 Å². The summed E-state index contributed by atoms with van der Waals surface area (Å²) in [5, 5.41) is 0. The molecule has 1 aromatic heterocycles. The van der Waals surface area contributed by atoms with Gasteiger partial charge in [-0.05, 0) is 38.5 Å². The number of benzene rings is 1. The Hall–Kier alpha value is -2.24. The van der Waals surface area contributed by atoms with Gasteiger partial charge in [0.05, 0.1) is 12.1 Å². The SMILES string of the molecule is Cc1cc(F)c(CC(=O)OCc2nc(C)c(C)o2)cc1F. The Balaban J connectivity index is 1.97. The summed E-state index contributed by atoms with van der Waals surface area (Å²) in [6.07, 6.45) is -0.346. The first kappa shape index (κ1) is 15.2. The molecule has 0 saturated heterocycles. The first-order valence-corrected chi connectivity index (χ1v) is 6.40. The lowest BCUT2D eigenvalue weighted by atomic mass is 10.1. The Morgan fingerprint density at radius 3 is 2.57 bits per heavy atom. The molecule has 0 N–H and O–H groups in total. The minimum absolute atomic E-state index is 0.0390. The molecule has 0 radical (unpaired) electrons. The van der Waals surface area contributed by atoms with Gasteiger partial charge in [-0.2, -0.15) is 0 Å². The molecule has 2 rings (SSSR count). The van der Waals surface area contributed by atoms with Gasteiger partial charge in [0.1, 0.15) is 17.4 Å². The largest absolute Gasteiger partial charge is 0.455 e. The topological polar surface area (TPSA) is 52.3 Å². The zero-order chi connectivity index (χ0) is 15.6. The molecule has 4 nitrogen and oxygen atoms in total. The number of carbonyl (C=O) groups excluding carboxylic acids is 1. The highest BCUT2D eigenvalue weighted by Gasteiger charge is 2.14. The van der Waals surface area contributed by atoms with Crippen molar-refractivity contribution >= 4 is 5.97 Å². The zero-order valence-corrected chi connectivity index (χ0v) is 12.0. The number of ether oxygens (including phenoxy) is 1. The molecule has 2 aromatic rings. The van der Waals surface area contributed by atoms with Crippen LogP contribution < -0.4 is 0 Å². The minimum Gasteiger partial charge on any atom is -0.455 e. The Morgan fingerprint density at radius 1 is 1.24 bits per heavy atom. The number of hydrogen-bond acceptors (Lipinski definition) is 4. The van der Waals surface area contributed by atoms with E-state index in [1.54, 1.807) is 13.8 Å². The van der Waals surface area contributed by atoms with Crippen molar-refractivity contribution in [3.63, 3.8) is 0 Å². The standard InChI is InChI=1S/C15H15F2NO3/c1-8-4-13(17)11(5-12(8)16)6-15(19)20-7-14-18-9(2)10(3)21-14/h4-5H,6-7H2,1-3H3. The van der Waals surface area contributed by atoms with Crippen LogP contribution >= 0.6 is 0 Å².